The third kappa shape index (κ3) is 1.78. The second-order valence-corrected chi connectivity index (χ2v) is 4.11. The van der Waals surface area contributed by atoms with E-state index in [1.54, 1.807) is 0 Å². The Morgan fingerprint density at radius 1 is 1.43 bits per heavy atom. The van der Waals surface area contributed by atoms with E-state index >= 15 is 0 Å². The van der Waals surface area contributed by atoms with E-state index in [2.05, 4.69) is 12.1 Å². The van der Waals surface area contributed by atoms with Crippen LogP contribution in [0.15, 0.2) is 18.2 Å². The van der Waals surface area contributed by atoms with Crippen LogP contribution >= 0.6 is 0 Å². The van der Waals surface area contributed by atoms with Crippen LogP contribution in [-0.2, 0) is 0 Å². The molecular formula is C12H14N2. The van der Waals surface area contributed by atoms with E-state index in [1.807, 2.05) is 19.1 Å². The van der Waals surface area contributed by atoms with Crippen LogP contribution in [0.3, 0.4) is 0 Å². The van der Waals surface area contributed by atoms with Crippen LogP contribution in [0.2, 0.25) is 0 Å². The van der Waals surface area contributed by atoms with Gasteiger partial charge in [-0.2, -0.15) is 5.26 Å². The first-order valence-corrected chi connectivity index (χ1v) is 4.98. The molecule has 1 aromatic carbocycles. The summed E-state index contributed by atoms with van der Waals surface area (Å²) in [6.45, 7) is 2.00. The molecule has 1 fully saturated rings. The van der Waals surface area contributed by atoms with Crippen molar-refractivity contribution < 1.29 is 0 Å². The zero-order valence-electron chi connectivity index (χ0n) is 8.33. The quantitative estimate of drug-likeness (QED) is 0.770. The van der Waals surface area contributed by atoms with Gasteiger partial charge in [0.15, 0.2) is 0 Å². The minimum absolute atomic E-state index is 0.127. The van der Waals surface area contributed by atoms with Gasteiger partial charge in [-0.1, -0.05) is 6.07 Å². The van der Waals surface area contributed by atoms with Crippen LogP contribution in [0.25, 0.3) is 0 Å². The Hall–Kier alpha value is -1.33. The van der Waals surface area contributed by atoms with Gasteiger partial charge in [0.25, 0.3) is 0 Å². The van der Waals surface area contributed by atoms with Crippen molar-refractivity contribution in [3.05, 3.63) is 34.9 Å². The van der Waals surface area contributed by atoms with Gasteiger partial charge < -0.3 is 5.73 Å². The third-order valence-corrected chi connectivity index (χ3v) is 2.74. The molecule has 14 heavy (non-hydrogen) atoms. The van der Waals surface area contributed by atoms with E-state index in [9.17, 15) is 0 Å². The summed E-state index contributed by atoms with van der Waals surface area (Å²) in [6, 6.07) is 8.19. The first kappa shape index (κ1) is 9.23. The number of nitrogens with two attached hydrogens (primary N) is 1. The predicted molar refractivity (Wildman–Crippen MR) is 55.5 cm³/mol. The van der Waals surface area contributed by atoms with Gasteiger partial charge in [0.05, 0.1) is 11.6 Å². The van der Waals surface area contributed by atoms with E-state index < -0.39 is 0 Å². The van der Waals surface area contributed by atoms with Gasteiger partial charge in [-0.05, 0) is 48.9 Å². The van der Waals surface area contributed by atoms with Crippen LogP contribution in [0, 0.1) is 24.2 Å². The molecule has 0 heterocycles. The average molecular weight is 186 g/mol. The Bertz CT molecular complexity index is 386. The number of aryl methyl sites for hydroxylation is 1. The highest BCUT2D eigenvalue weighted by Crippen LogP contribution is 2.39. The van der Waals surface area contributed by atoms with E-state index in [1.165, 1.54) is 12.8 Å². The van der Waals surface area contributed by atoms with E-state index in [0.717, 1.165) is 16.7 Å². The Morgan fingerprint density at radius 2 is 2.14 bits per heavy atom. The molecule has 72 valence electrons. The molecule has 1 aliphatic carbocycles. The fourth-order valence-electron chi connectivity index (χ4n) is 1.80. The molecular weight excluding hydrogens is 172 g/mol. The van der Waals surface area contributed by atoms with Crippen LogP contribution in [0.5, 0.6) is 0 Å². The minimum Gasteiger partial charge on any atom is -0.324 e. The van der Waals surface area contributed by atoms with E-state index in [0.29, 0.717) is 5.92 Å². The lowest BCUT2D eigenvalue weighted by Crippen LogP contribution is -2.12. The molecule has 0 radical (unpaired) electrons. The molecule has 2 rings (SSSR count). The second kappa shape index (κ2) is 3.43. The first-order valence-electron chi connectivity index (χ1n) is 4.98. The molecule has 0 bridgehead atoms. The van der Waals surface area contributed by atoms with Crippen molar-refractivity contribution in [3.63, 3.8) is 0 Å². The van der Waals surface area contributed by atoms with Gasteiger partial charge in [0.1, 0.15) is 0 Å². The fraction of sp³-hybridized carbons (Fsp3) is 0.417. The second-order valence-electron chi connectivity index (χ2n) is 4.11. The highest BCUT2D eigenvalue weighted by Gasteiger charge is 2.29. The molecule has 0 saturated heterocycles. The maximum absolute atomic E-state index is 8.83. The molecule has 1 atom stereocenters. The van der Waals surface area contributed by atoms with Gasteiger partial charge >= 0.3 is 0 Å². The molecule has 2 nitrogen and oxygen atoms in total. The summed E-state index contributed by atoms with van der Waals surface area (Å²) in [5.74, 6) is 0.642. The molecule has 1 saturated carbocycles. The van der Waals surface area contributed by atoms with Crippen molar-refractivity contribution in [2.24, 2.45) is 11.7 Å². The standard InChI is InChI=1S/C12H14N2/c1-8-4-9(7-13)6-11(5-8)12(14)10-2-3-10/h4-6,10,12H,2-3,14H2,1H3/t12-/m0/s1. The van der Waals surface area contributed by atoms with E-state index in [-0.39, 0.29) is 6.04 Å². The van der Waals surface area contributed by atoms with Crippen LogP contribution in [0.1, 0.15) is 35.6 Å². The monoisotopic (exact) mass is 186 g/mol. The van der Waals surface area contributed by atoms with Gasteiger partial charge in [-0.3, -0.25) is 0 Å². The largest absolute Gasteiger partial charge is 0.324 e. The molecule has 1 aromatic rings. The zero-order chi connectivity index (χ0) is 10.1. The van der Waals surface area contributed by atoms with Crippen LogP contribution in [0.4, 0.5) is 0 Å². The number of rotatable bonds is 2. The molecule has 0 aromatic heterocycles. The molecule has 2 N–H and O–H groups in total. The van der Waals surface area contributed by atoms with Crippen molar-refractivity contribution >= 4 is 0 Å². The summed E-state index contributed by atoms with van der Waals surface area (Å²) < 4.78 is 0. The number of nitrogens with zero attached hydrogens (tertiary/aromatic N) is 1. The number of hydrogen-bond acceptors (Lipinski definition) is 2. The average Bonchev–Trinajstić information content (AvgIpc) is 2.99. The van der Waals surface area contributed by atoms with Gasteiger partial charge in [-0.15, -0.1) is 0 Å². The molecule has 0 spiro atoms. The lowest BCUT2D eigenvalue weighted by molar-refractivity contribution is 0.633. The number of nitriles is 1. The van der Waals surface area contributed by atoms with Gasteiger partial charge in [-0.25, -0.2) is 0 Å². The van der Waals surface area contributed by atoms with Crippen molar-refractivity contribution in [1.82, 2.24) is 0 Å². The minimum atomic E-state index is 0.127. The summed E-state index contributed by atoms with van der Waals surface area (Å²) in [4.78, 5) is 0. The smallest absolute Gasteiger partial charge is 0.0991 e. The van der Waals surface area contributed by atoms with Crippen molar-refractivity contribution in [2.45, 2.75) is 25.8 Å². The zero-order valence-corrected chi connectivity index (χ0v) is 8.33. The van der Waals surface area contributed by atoms with Crippen molar-refractivity contribution in [2.75, 3.05) is 0 Å². The highest BCUT2D eigenvalue weighted by atomic mass is 14.7. The molecule has 1 aliphatic rings. The fourth-order valence-corrected chi connectivity index (χ4v) is 1.80. The van der Waals surface area contributed by atoms with Crippen molar-refractivity contribution in [1.29, 1.82) is 5.26 Å². The molecule has 0 amide bonds. The summed E-state index contributed by atoms with van der Waals surface area (Å²) in [7, 11) is 0. The summed E-state index contributed by atoms with van der Waals surface area (Å²) in [5.41, 5.74) is 9.04. The maximum Gasteiger partial charge on any atom is 0.0991 e. The lowest BCUT2D eigenvalue weighted by Gasteiger charge is -2.11. The highest BCUT2D eigenvalue weighted by molar-refractivity contribution is 5.38. The first-order chi connectivity index (χ1) is 6.70. The van der Waals surface area contributed by atoms with Crippen molar-refractivity contribution in [3.8, 4) is 6.07 Å². The van der Waals surface area contributed by atoms with Crippen LogP contribution < -0.4 is 5.73 Å². The van der Waals surface area contributed by atoms with E-state index in [4.69, 9.17) is 11.0 Å². The van der Waals surface area contributed by atoms with Gasteiger partial charge in [0, 0.05) is 6.04 Å². The summed E-state index contributed by atoms with van der Waals surface area (Å²) in [6.07, 6.45) is 2.47. The summed E-state index contributed by atoms with van der Waals surface area (Å²) >= 11 is 0. The normalized spacial score (nSPS) is 17.5. The topological polar surface area (TPSA) is 49.8 Å². The molecule has 2 heteroatoms. The van der Waals surface area contributed by atoms with Crippen LogP contribution in [-0.4, -0.2) is 0 Å². The Morgan fingerprint density at radius 3 is 2.71 bits per heavy atom. The SMILES string of the molecule is Cc1cc(C#N)cc([C@@H](N)C2CC2)c1. The lowest BCUT2D eigenvalue weighted by atomic mass is 9.99. The Labute approximate surface area is 84.3 Å². The third-order valence-electron chi connectivity index (χ3n) is 2.74. The Kier molecular flexibility index (Phi) is 2.26. The number of benzene rings is 1. The Balaban J connectivity index is 2.32. The predicted octanol–water partition coefficient (Wildman–Crippen LogP) is 2.28. The number of hydrogen-bond donors (Lipinski definition) is 1. The maximum atomic E-state index is 8.83. The summed E-state index contributed by atoms with van der Waals surface area (Å²) in [5, 5.41) is 8.83. The molecule has 0 unspecified atom stereocenters. The molecule has 0 aliphatic heterocycles. The van der Waals surface area contributed by atoms with Gasteiger partial charge in [0.2, 0.25) is 0 Å².